The van der Waals surface area contributed by atoms with Crippen LogP contribution in [-0.4, -0.2) is 68.9 Å². The van der Waals surface area contributed by atoms with Gasteiger partial charge in [-0.3, -0.25) is 15.1 Å². The molecule has 0 aliphatic carbocycles. The van der Waals surface area contributed by atoms with Gasteiger partial charge in [0.2, 0.25) is 6.79 Å². The normalized spacial score (nSPS) is 23.2. The molecule has 0 radical (unpaired) electrons. The molecule has 2 aromatic rings. The predicted octanol–water partition coefficient (Wildman–Crippen LogP) is 1.65. The minimum Gasteiger partial charge on any atom is -0.496 e. The lowest BCUT2D eigenvalue weighted by molar-refractivity contribution is 0.0613. The maximum absolute atomic E-state index is 12.9. The van der Waals surface area contributed by atoms with Crippen LogP contribution < -0.4 is 25.1 Å². The molecule has 8 nitrogen and oxygen atoms in total. The van der Waals surface area contributed by atoms with Gasteiger partial charge in [-0.2, -0.15) is 0 Å². The SMILES string of the molecule is COc1ccccc1C(=O)N1CCN(CC2CNNC2c2ccc3c(c2)OCO3)CC1. The lowest BCUT2D eigenvalue weighted by Crippen LogP contribution is -2.50. The predicted molar refractivity (Wildman–Crippen MR) is 115 cm³/mol. The second-order valence-electron chi connectivity index (χ2n) is 8.17. The van der Waals surface area contributed by atoms with Crippen molar-refractivity contribution in [3.05, 3.63) is 53.6 Å². The van der Waals surface area contributed by atoms with Gasteiger partial charge in [0.05, 0.1) is 18.7 Å². The molecule has 0 spiro atoms. The number of carbonyl (C=O) groups excluding carboxylic acids is 1. The number of para-hydroxylation sites is 1. The molecule has 3 aliphatic heterocycles. The highest BCUT2D eigenvalue weighted by molar-refractivity contribution is 5.97. The molecule has 2 aromatic carbocycles. The van der Waals surface area contributed by atoms with Crippen LogP contribution in [0.2, 0.25) is 0 Å². The Morgan fingerprint density at radius 2 is 1.90 bits per heavy atom. The van der Waals surface area contributed by atoms with E-state index in [1.807, 2.05) is 35.2 Å². The number of hydrogen-bond acceptors (Lipinski definition) is 7. The van der Waals surface area contributed by atoms with Gasteiger partial charge in [0.25, 0.3) is 5.91 Å². The van der Waals surface area contributed by atoms with E-state index in [1.54, 1.807) is 7.11 Å². The first kappa shape index (κ1) is 20.1. The minimum atomic E-state index is 0.0412. The topological polar surface area (TPSA) is 75.3 Å². The fourth-order valence-electron chi connectivity index (χ4n) is 4.62. The zero-order chi connectivity index (χ0) is 21.2. The summed E-state index contributed by atoms with van der Waals surface area (Å²) in [6, 6.07) is 13.8. The molecule has 8 heteroatoms. The summed E-state index contributed by atoms with van der Waals surface area (Å²) in [6.45, 7) is 5.33. The van der Waals surface area contributed by atoms with Gasteiger partial charge in [-0.25, -0.2) is 5.43 Å². The molecule has 164 valence electrons. The van der Waals surface area contributed by atoms with E-state index in [9.17, 15) is 4.79 Å². The number of piperazine rings is 1. The summed E-state index contributed by atoms with van der Waals surface area (Å²) < 4.78 is 16.3. The van der Waals surface area contributed by atoms with Crippen molar-refractivity contribution in [2.24, 2.45) is 5.92 Å². The first-order valence-corrected chi connectivity index (χ1v) is 10.8. The van der Waals surface area contributed by atoms with E-state index in [2.05, 4.69) is 27.9 Å². The summed E-state index contributed by atoms with van der Waals surface area (Å²) in [7, 11) is 1.60. The van der Waals surface area contributed by atoms with Gasteiger partial charge >= 0.3 is 0 Å². The third kappa shape index (κ3) is 4.06. The average Bonchev–Trinajstić information content (AvgIpc) is 3.48. The van der Waals surface area contributed by atoms with Gasteiger partial charge in [-0.15, -0.1) is 0 Å². The highest BCUT2D eigenvalue weighted by Gasteiger charge is 2.32. The van der Waals surface area contributed by atoms with Crippen LogP contribution in [0.25, 0.3) is 0 Å². The number of hydrazine groups is 1. The standard InChI is InChI=1S/C23H28N4O4/c1-29-19-5-3-2-4-18(19)23(28)27-10-8-26(9-11-27)14-17-13-24-25-22(17)16-6-7-20-21(12-16)31-15-30-20/h2-7,12,17,22,24-25H,8-11,13-15H2,1H3. The number of fused-ring (bicyclic) bond motifs is 1. The number of ether oxygens (including phenoxy) is 3. The number of nitrogens with zero attached hydrogens (tertiary/aromatic N) is 2. The Morgan fingerprint density at radius 1 is 1.10 bits per heavy atom. The van der Waals surface area contributed by atoms with Gasteiger partial charge in [-0.05, 0) is 29.8 Å². The average molecular weight is 425 g/mol. The van der Waals surface area contributed by atoms with Crippen molar-refractivity contribution in [2.75, 3.05) is 53.2 Å². The van der Waals surface area contributed by atoms with Crippen molar-refractivity contribution in [3.8, 4) is 17.2 Å². The van der Waals surface area contributed by atoms with Gasteiger partial charge in [0.15, 0.2) is 11.5 Å². The first-order chi connectivity index (χ1) is 15.2. The maximum atomic E-state index is 12.9. The Morgan fingerprint density at radius 3 is 2.74 bits per heavy atom. The lowest BCUT2D eigenvalue weighted by atomic mass is 9.94. The summed E-state index contributed by atoms with van der Waals surface area (Å²) in [4.78, 5) is 17.3. The summed E-state index contributed by atoms with van der Waals surface area (Å²) in [6.07, 6.45) is 0. The molecule has 0 saturated carbocycles. The van der Waals surface area contributed by atoms with Crippen molar-refractivity contribution in [1.82, 2.24) is 20.7 Å². The van der Waals surface area contributed by atoms with E-state index in [1.165, 1.54) is 5.56 Å². The molecule has 2 saturated heterocycles. The van der Waals surface area contributed by atoms with Crippen LogP contribution in [0.3, 0.4) is 0 Å². The molecular weight excluding hydrogens is 396 g/mol. The Labute approximate surface area is 182 Å². The molecule has 2 unspecified atom stereocenters. The van der Waals surface area contributed by atoms with Crippen LogP contribution in [0.15, 0.2) is 42.5 Å². The Kier molecular flexibility index (Phi) is 5.67. The zero-order valence-electron chi connectivity index (χ0n) is 17.7. The van der Waals surface area contributed by atoms with Gasteiger partial charge in [0.1, 0.15) is 5.75 Å². The molecule has 0 bridgehead atoms. The first-order valence-electron chi connectivity index (χ1n) is 10.8. The van der Waals surface area contributed by atoms with E-state index in [0.29, 0.717) is 17.2 Å². The molecule has 2 N–H and O–H groups in total. The van der Waals surface area contributed by atoms with Crippen molar-refractivity contribution < 1.29 is 19.0 Å². The fourth-order valence-corrected chi connectivity index (χ4v) is 4.62. The molecule has 1 amide bonds. The van der Waals surface area contributed by atoms with E-state index in [0.717, 1.165) is 50.8 Å². The number of amides is 1. The van der Waals surface area contributed by atoms with Gasteiger partial charge in [-0.1, -0.05) is 18.2 Å². The maximum Gasteiger partial charge on any atom is 0.257 e. The Bertz CT molecular complexity index is 945. The second-order valence-corrected chi connectivity index (χ2v) is 8.17. The quantitative estimate of drug-likeness (QED) is 0.756. The molecule has 0 aromatic heterocycles. The van der Waals surface area contributed by atoms with Crippen molar-refractivity contribution >= 4 is 5.91 Å². The lowest BCUT2D eigenvalue weighted by Gasteiger charge is -2.36. The van der Waals surface area contributed by atoms with E-state index in [4.69, 9.17) is 14.2 Å². The highest BCUT2D eigenvalue weighted by atomic mass is 16.7. The number of methoxy groups -OCH3 is 1. The molecule has 3 aliphatic rings. The van der Waals surface area contributed by atoms with E-state index in [-0.39, 0.29) is 18.7 Å². The minimum absolute atomic E-state index is 0.0412. The van der Waals surface area contributed by atoms with Crippen molar-refractivity contribution in [1.29, 1.82) is 0 Å². The van der Waals surface area contributed by atoms with Gasteiger partial charge < -0.3 is 19.1 Å². The number of carbonyl (C=O) groups is 1. The van der Waals surface area contributed by atoms with Crippen LogP contribution in [0.1, 0.15) is 22.0 Å². The van der Waals surface area contributed by atoms with Crippen LogP contribution >= 0.6 is 0 Å². The number of rotatable bonds is 5. The fraction of sp³-hybridized carbons (Fsp3) is 0.435. The summed E-state index contributed by atoms with van der Waals surface area (Å²) in [5.41, 5.74) is 8.55. The molecule has 5 rings (SSSR count). The third-order valence-corrected chi connectivity index (χ3v) is 6.34. The summed E-state index contributed by atoms with van der Waals surface area (Å²) in [5.74, 6) is 2.72. The summed E-state index contributed by atoms with van der Waals surface area (Å²) in [5, 5.41) is 0. The van der Waals surface area contributed by atoms with Crippen molar-refractivity contribution in [2.45, 2.75) is 6.04 Å². The second kappa shape index (κ2) is 8.74. The Balaban J connectivity index is 1.19. The molecule has 2 fully saturated rings. The molecule has 2 atom stereocenters. The third-order valence-electron chi connectivity index (χ3n) is 6.34. The Hall–Kier alpha value is -2.81. The molecular formula is C23H28N4O4. The van der Waals surface area contributed by atoms with Gasteiger partial charge in [0, 0.05) is 45.2 Å². The summed E-state index contributed by atoms with van der Waals surface area (Å²) >= 11 is 0. The largest absolute Gasteiger partial charge is 0.496 e. The van der Waals surface area contributed by atoms with Crippen LogP contribution in [0.5, 0.6) is 17.2 Å². The number of benzene rings is 2. The van der Waals surface area contributed by atoms with Crippen LogP contribution in [0, 0.1) is 5.92 Å². The van der Waals surface area contributed by atoms with E-state index < -0.39 is 0 Å². The molecule has 31 heavy (non-hydrogen) atoms. The van der Waals surface area contributed by atoms with Crippen LogP contribution in [0.4, 0.5) is 0 Å². The number of nitrogens with one attached hydrogen (secondary N) is 2. The van der Waals surface area contributed by atoms with E-state index >= 15 is 0 Å². The smallest absolute Gasteiger partial charge is 0.257 e. The monoisotopic (exact) mass is 424 g/mol. The highest BCUT2D eigenvalue weighted by Crippen LogP contribution is 2.36. The number of hydrogen-bond donors (Lipinski definition) is 2. The zero-order valence-corrected chi connectivity index (χ0v) is 17.7. The molecule has 3 heterocycles. The van der Waals surface area contributed by atoms with Crippen LogP contribution in [-0.2, 0) is 0 Å². The van der Waals surface area contributed by atoms with Crippen molar-refractivity contribution in [3.63, 3.8) is 0 Å².